The van der Waals surface area contributed by atoms with Gasteiger partial charge >= 0.3 is 0 Å². The highest BCUT2D eigenvalue weighted by Crippen LogP contribution is 2.26. The Morgan fingerprint density at radius 3 is 3.22 bits per heavy atom. The third-order valence-electron chi connectivity index (χ3n) is 3.47. The highest BCUT2D eigenvalue weighted by Gasteiger charge is 2.27. The number of aromatic nitrogens is 2. The molecule has 3 heterocycles. The Balaban J connectivity index is 1.66. The minimum Gasteiger partial charge on any atom is -0.339 e. The zero-order chi connectivity index (χ0) is 12.4. The minimum atomic E-state index is 0.425. The van der Waals surface area contributed by atoms with Crippen LogP contribution in [0.1, 0.15) is 35.9 Å². The molecule has 4 nitrogen and oxygen atoms in total. The fourth-order valence-electron chi connectivity index (χ4n) is 2.40. The Hall–Kier alpha value is -1.20. The van der Waals surface area contributed by atoms with E-state index in [1.807, 2.05) is 0 Å². The first kappa shape index (κ1) is 11.9. The van der Waals surface area contributed by atoms with Crippen molar-refractivity contribution in [2.45, 2.75) is 25.7 Å². The van der Waals surface area contributed by atoms with Gasteiger partial charge in [-0.25, -0.2) is 0 Å². The second kappa shape index (κ2) is 5.20. The Morgan fingerprint density at radius 1 is 1.56 bits per heavy atom. The molecule has 2 aromatic rings. The number of hydrogen-bond donors (Lipinski definition) is 0. The number of thiophene rings is 1. The van der Waals surface area contributed by atoms with Gasteiger partial charge in [-0.15, -0.1) is 11.3 Å². The van der Waals surface area contributed by atoms with Crippen molar-refractivity contribution in [2.75, 3.05) is 19.6 Å². The Morgan fingerprint density at radius 2 is 2.50 bits per heavy atom. The van der Waals surface area contributed by atoms with Crippen molar-refractivity contribution >= 4 is 11.3 Å². The molecule has 1 aliphatic rings. The molecule has 0 saturated carbocycles. The van der Waals surface area contributed by atoms with Gasteiger partial charge < -0.3 is 9.42 Å². The van der Waals surface area contributed by atoms with Crippen LogP contribution in [0, 0.1) is 0 Å². The third kappa shape index (κ3) is 2.47. The maximum Gasteiger partial charge on any atom is 0.231 e. The number of nitrogens with zero attached hydrogens (tertiary/aromatic N) is 3. The zero-order valence-corrected chi connectivity index (χ0v) is 11.3. The topological polar surface area (TPSA) is 42.2 Å². The molecule has 96 valence electrons. The number of likely N-dealkylation sites (N-methyl/N-ethyl adjacent to an activating group) is 1. The average Bonchev–Trinajstić information content (AvgIpc) is 3.09. The molecule has 0 spiro atoms. The molecule has 0 amide bonds. The van der Waals surface area contributed by atoms with Gasteiger partial charge in [0, 0.05) is 17.8 Å². The molecule has 5 heteroatoms. The van der Waals surface area contributed by atoms with Crippen LogP contribution in [0.4, 0.5) is 0 Å². The highest BCUT2D eigenvalue weighted by molar-refractivity contribution is 7.09. The smallest absolute Gasteiger partial charge is 0.231 e. The minimum absolute atomic E-state index is 0.425. The van der Waals surface area contributed by atoms with Crippen molar-refractivity contribution in [3.05, 3.63) is 34.1 Å². The highest BCUT2D eigenvalue weighted by atomic mass is 32.1. The molecule has 18 heavy (non-hydrogen) atoms. The van der Waals surface area contributed by atoms with E-state index in [0.717, 1.165) is 44.2 Å². The van der Waals surface area contributed by atoms with E-state index in [4.69, 9.17) is 4.52 Å². The first-order valence-electron chi connectivity index (χ1n) is 6.42. The van der Waals surface area contributed by atoms with Gasteiger partial charge in [0.25, 0.3) is 0 Å². The van der Waals surface area contributed by atoms with Crippen LogP contribution in [0.2, 0.25) is 0 Å². The Kier molecular flexibility index (Phi) is 3.43. The van der Waals surface area contributed by atoms with E-state index in [9.17, 15) is 0 Å². The molecule has 1 atom stereocenters. The first-order valence-corrected chi connectivity index (χ1v) is 7.30. The number of rotatable bonds is 4. The summed E-state index contributed by atoms with van der Waals surface area (Å²) in [6.45, 7) is 5.49. The van der Waals surface area contributed by atoms with E-state index in [1.54, 1.807) is 11.3 Å². The predicted octanol–water partition coefficient (Wildman–Crippen LogP) is 2.53. The van der Waals surface area contributed by atoms with Gasteiger partial charge in [0.15, 0.2) is 5.82 Å². The van der Waals surface area contributed by atoms with E-state index in [2.05, 4.69) is 39.5 Å². The molecule has 0 radical (unpaired) electrons. The summed E-state index contributed by atoms with van der Waals surface area (Å²) >= 11 is 1.73. The van der Waals surface area contributed by atoms with E-state index < -0.39 is 0 Å². The van der Waals surface area contributed by atoms with E-state index in [0.29, 0.717) is 5.92 Å². The average molecular weight is 263 g/mol. The molecule has 0 aromatic carbocycles. The van der Waals surface area contributed by atoms with Crippen molar-refractivity contribution in [1.82, 2.24) is 15.0 Å². The molecule has 3 rings (SSSR count). The van der Waals surface area contributed by atoms with Gasteiger partial charge in [-0.05, 0) is 31.0 Å². The molecule has 0 bridgehead atoms. The fourth-order valence-corrected chi connectivity index (χ4v) is 3.10. The SMILES string of the molecule is CCN1CCC(c2nc(Cc3cccs3)no2)C1. The second-order valence-electron chi connectivity index (χ2n) is 4.68. The Bertz CT molecular complexity index is 494. The summed E-state index contributed by atoms with van der Waals surface area (Å²) in [4.78, 5) is 8.24. The van der Waals surface area contributed by atoms with Crippen LogP contribution >= 0.6 is 11.3 Å². The van der Waals surface area contributed by atoms with Crippen LogP contribution in [-0.2, 0) is 6.42 Å². The molecular weight excluding hydrogens is 246 g/mol. The molecule has 0 aliphatic carbocycles. The maximum atomic E-state index is 5.41. The van der Waals surface area contributed by atoms with Crippen molar-refractivity contribution < 1.29 is 4.52 Å². The van der Waals surface area contributed by atoms with E-state index in [1.165, 1.54) is 4.88 Å². The van der Waals surface area contributed by atoms with Crippen LogP contribution in [0.25, 0.3) is 0 Å². The summed E-state index contributed by atoms with van der Waals surface area (Å²) in [5.74, 6) is 2.05. The van der Waals surface area contributed by atoms with Gasteiger partial charge in [-0.2, -0.15) is 4.98 Å². The lowest BCUT2D eigenvalue weighted by Crippen LogP contribution is -2.19. The quantitative estimate of drug-likeness (QED) is 0.850. The van der Waals surface area contributed by atoms with Gasteiger partial charge in [0.05, 0.1) is 5.92 Å². The van der Waals surface area contributed by atoms with Crippen LogP contribution in [0.15, 0.2) is 22.0 Å². The summed E-state index contributed by atoms with van der Waals surface area (Å²) in [6, 6.07) is 4.16. The van der Waals surface area contributed by atoms with Gasteiger partial charge in [-0.3, -0.25) is 0 Å². The summed E-state index contributed by atoms with van der Waals surface area (Å²) in [5.41, 5.74) is 0. The molecule has 1 saturated heterocycles. The Labute approximate surface area is 111 Å². The van der Waals surface area contributed by atoms with Gasteiger partial charge in [-0.1, -0.05) is 18.1 Å². The van der Waals surface area contributed by atoms with E-state index in [-0.39, 0.29) is 0 Å². The summed E-state index contributed by atoms with van der Waals surface area (Å²) in [6.07, 6.45) is 1.92. The lowest BCUT2D eigenvalue weighted by molar-refractivity contribution is 0.325. The maximum absolute atomic E-state index is 5.41. The van der Waals surface area contributed by atoms with Crippen molar-refractivity contribution in [3.8, 4) is 0 Å². The zero-order valence-electron chi connectivity index (χ0n) is 10.5. The van der Waals surface area contributed by atoms with Crippen molar-refractivity contribution in [1.29, 1.82) is 0 Å². The molecule has 1 aliphatic heterocycles. The van der Waals surface area contributed by atoms with Crippen molar-refractivity contribution in [2.24, 2.45) is 0 Å². The molecule has 1 fully saturated rings. The van der Waals surface area contributed by atoms with Crippen LogP contribution < -0.4 is 0 Å². The van der Waals surface area contributed by atoms with Crippen LogP contribution in [-0.4, -0.2) is 34.7 Å². The van der Waals surface area contributed by atoms with Crippen LogP contribution in [0.3, 0.4) is 0 Å². The largest absolute Gasteiger partial charge is 0.339 e. The summed E-state index contributed by atoms with van der Waals surface area (Å²) in [7, 11) is 0. The second-order valence-corrected chi connectivity index (χ2v) is 5.72. The van der Waals surface area contributed by atoms with Crippen LogP contribution in [0.5, 0.6) is 0 Å². The standard InChI is InChI=1S/C13H17N3OS/c1-2-16-6-5-10(9-16)13-14-12(15-17-13)8-11-4-3-7-18-11/h3-4,7,10H,2,5-6,8-9H2,1H3. The molecular formula is C13H17N3OS. The molecule has 0 N–H and O–H groups in total. The molecule has 1 unspecified atom stereocenters. The monoisotopic (exact) mass is 263 g/mol. The first-order chi connectivity index (χ1) is 8.85. The predicted molar refractivity (Wildman–Crippen MR) is 70.9 cm³/mol. The number of hydrogen-bond acceptors (Lipinski definition) is 5. The fraction of sp³-hybridized carbons (Fsp3) is 0.538. The lowest BCUT2D eigenvalue weighted by Gasteiger charge is -2.10. The van der Waals surface area contributed by atoms with Gasteiger partial charge in [0.1, 0.15) is 0 Å². The molecule has 2 aromatic heterocycles. The van der Waals surface area contributed by atoms with Gasteiger partial charge in [0.2, 0.25) is 5.89 Å². The van der Waals surface area contributed by atoms with E-state index >= 15 is 0 Å². The third-order valence-corrected chi connectivity index (χ3v) is 4.34. The normalized spacial score (nSPS) is 20.6. The summed E-state index contributed by atoms with van der Waals surface area (Å²) in [5, 5.41) is 6.16. The van der Waals surface area contributed by atoms with Crippen molar-refractivity contribution in [3.63, 3.8) is 0 Å². The number of likely N-dealkylation sites (tertiary alicyclic amines) is 1. The lowest BCUT2D eigenvalue weighted by atomic mass is 10.1. The summed E-state index contributed by atoms with van der Waals surface area (Å²) < 4.78 is 5.41.